The van der Waals surface area contributed by atoms with Crippen molar-refractivity contribution in [2.45, 2.75) is 19.3 Å². The number of ether oxygens (including phenoxy) is 2. The standard InChI is InChI=1S/C19H22N2O6/c22-17(12-1-2-14(9-12)19(24)25)20-5-7-21(8-6-20)18(23)13-3-4-15-16(10-13)27-11-26-15/h3-4,10,12,14H,1-2,5-9,11H2,(H,24,25)/t12-,14+/m0/s1. The predicted octanol–water partition coefficient (Wildman–Crippen LogP) is 1.20. The Bertz CT molecular complexity index is 771. The lowest BCUT2D eigenvalue weighted by molar-refractivity contribution is -0.142. The molecule has 1 saturated carbocycles. The second kappa shape index (κ2) is 7.09. The fraction of sp³-hybridized carbons (Fsp3) is 0.526. The van der Waals surface area contributed by atoms with E-state index in [0.29, 0.717) is 62.5 Å². The van der Waals surface area contributed by atoms with Crippen molar-refractivity contribution < 1.29 is 29.0 Å². The quantitative estimate of drug-likeness (QED) is 0.854. The highest BCUT2D eigenvalue weighted by molar-refractivity contribution is 5.95. The second-order valence-electron chi connectivity index (χ2n) is 7.23. The van der Waals surface area contributed by atoms with E-state index in [1.54, 1.807) is 28.0 Å². The van der Waals surface area contributed by atoms with Crippen molar-refractivity contribution in [3.8, 4) is 11.5 Å². The first-order valence-corrected chi connectivity index (χ1v) is 9.23. The van der Waals surface area contributed by atoms with E-state index in [1.165, 1.54) is 0 Å². The van der Waals surface area contributed by atoms with Gasteiger partial charge in [0.1, 0.15) is 0 Å². The first-order chi connectivity index (χ1) is 13.0. The van der Waals surface area contributed by atoms with Gasteiger partial charge in [0.05, 0.1) is 5.92 Å². The van der Waals surface area contributed by atoms with E-state index in [4.69, 9.17) is 14.6 Å². The number of carboxylic acid groups (broad SMARTS) is 1. The van der Waals surface area contributed by atoms with E-state index >= 15 is 0 Å². The number of carbonyl (C=O) groups excluding carboxylic acids is 2. The van der Waals surface area contributed by atoms with Crippen LogP contribution in [0.5, 0.6) is 11.5 Å². The van der Waals surface area contributed by atoms with E-state index in [2.05, 4.69) is 0 Å². The van der Waals surface area contributed by atoms with Crippen LogP contribution in [0.2, 0.25) is 0 Å². The lowest BCUT2D eigenvalue weighted by atomic mass is 10.0. The lowest BCUT2D eigenvalue weighted by Crippen LogP contribution is -2.51. The molecule has 2 aliphatic heterocycles. The van der Waals surface area contributed by atoms with Crippen LogP contribution in [-0.2, 0) is 9.59 Å². The van der Waals surface area contributed by atoms with Crippen LogP contribution in [0, 0.1) is 11.8 Å². The molecule has 8 heteroatoms. The van der Waals surface area contributed by atoms with Crippen LogP contribution in [0.15, 0.2) is 18.2 Å². The third-order valence-corrected chi connectivity index (χ3v) is 5.63. The molecule has 1 aromatic carbocycles. The molecule has 144 valence electrons. The summed E-state index contributed by atoms with van der Waals surface area (Å²) >= 11 is 0. The van der Waals surface area contributed by atoms with Gasteiger partial charge in [-0.15, -0.1) is 0 Å². The Morgan fingerprint density at radius 3 is 2.30 bits per heavy atom. The minimum atomic E-state index is -0.815. The van der Waals surface area contributed by atoms with Crippen molar-refractivity contribution in [2.75, 3.05) is 33.0 Å². The smallest absolute Gasteiger partial charge is 0.306 e. The number of amides is 2. The molecule has 0 spiro atoms. The Morgan fingerprint density at radius 2 is 1.59 bits per heavy atom. The zero-order valence-electron chi connectivity index (χ0n) is 14.9. The van der Waals surface area contributed by atoms with Crippen molar-refractivity contribution >= 4 is 17.8 Å². The number of hydrogen-bond acceptors (Lipinski definition) is 5. The fourth-order valence-corrected chi connectivity index (χ4v) is 4.03. The molecule has 1 saturated heterocycles. The fourth-order valence-electron chi connectivity index (χ4n) is 4.03. The SMILES string of the molecule is O=C(O)[C@@H]1CC[C@H](C(=O)N2CCN(C(=O)c3ccc4c(c3)OCO4)CC2)C1. The van der Waals surface area contributed by atoms with Crippen LogP contribution in [0.25, 0.3) is 0 Å². The van der Waals surface area contributed by atoms with Gasteiger partial charge < -0.3 is 24.4 Å². The van der Waals surface area contributed by atoms with Crippen molar-refractivity contribution in [3.05, 3.63) is 23.8 Å². The van der Waals surface area contributed by atoms with Gasteiger partial charge >= 0.3 is 5.97 Å². The Hall–Kier alpha value is -2.77. The second-order valence-corrected chi connectivity index (χ2v) is 7.23. The van der Waals surface area contributed by atoms with E-state index in [-0.39, 0.29) is 24.5 Å². The van der Waals surface area contributed by atoms with Crippen molar-refractivity contribution in [3.63, 3.8) is 0 Å². The van der Waals surface area contributed by atoms with Crippen molar-refractivity contribution in [1.29, 1.82) is 0 Å². The van der Waals surface area contributed by atoms with Gasteiger partial charge in [0.15, 0.2) is 11.5 Å². The Morgan fingerprint density at radius 1 is 0.926 bits per heavy atom. The zero-order chi connectivity index (χ0) is 19.0. The molecule has 0 bridgehead atoms. The molecule has 1 aliphatic carbocycles. The summed E-state index contributed by atoms with van der Waals surface area (Å²) in [7, 11) is 0. The highest BCUT2D eigenvalue weighted by Crippen LogP contribution is 2.34. The highest BCUT2D eigenvalue weighted by Gasteiger charge is 2.37. The maximum absolute atomic E-state index is 12.7. The molecule has 1 aromatic rings. The zero-order valence-corrected chi connectivity index (χ0v) is 14.9. The van der Waals surface area contributed by atoms with Crippen molar-refractivity contribution in [1.82, 2.24) is 9.80 Å². The first kappa shape index (κ1) is 17.6. The number of hydrogen-bond donors (Lipinski definition) is 1. The number of aliphatic carboxylic acids is 1. The predicted molar refractivity (Wildman–Crippen MR) is 93.5 cm³/mol. The minimum Gasteiger partial charge on any atom is -0.481 e. The van der Waals surface area contributed by atoms with Crippen LogP contribution < -0.4 is 9.47 Å². The van der Waals surface area contributed by atoms with Crippen LogP contribution >= 0.6 is 0 Å². The summed E-state index contributed by atoms with van der Waals surface area (Å²) in [5.41, 5.74) is 0.541. The van der Waals surface area contributed by atoms with E-state index in [0.717, 1.165) is 0 Å². The number of carboxylic acids is 1. The average molecular weight is 374 g/mol. The van der Waals surface area contributed by atoms with E-state index in [1.807, 2.05) is 0 Å². The summed E-state index contributed by atoms with van der Waals surface area (Å²) in [5.74, 6) is -0.289. The van der Waals surface area contributed by atoms with Gasteiger partial charge in [-0.2, -0.15) is 0 Å². The molecule has 2 fully saturated rings. The normalized spacial score (nSPS) is 24.1. The summed E-state index contributed by atoms with van der Waals surface area (Å²) in [6.45, 7) is 2.05. The van der Waals surface area contributed by atoms with Gasteiger partial charge in [0, 0.05) is 37.7 Å². The highest BCUT2D eigenvalue weighted by atomic mass is 16.7. The number of nitrogens with zero attached hydrogens (tertiary/aromatic N) is 2. The number of fused-ring (bicyclic) bond motifs is 1. The van der Waals surface area contributed by atoms with Gasteiger partial charge in [-0.05, 0) is 37.5 Å². The number of rotatable bonds is 3. The van der Waals surface area contributed by atoms with E-state index < -0.39 is 11.9 Å². The third-order valence-electron chi connectivity index (χ3n) is 5.63. The van der Waals surface area contributed by atoms with Gasteiger partial charge in [0.25, 0.3) is 5.91 Å². The molecule has 27 heavy (non-hydrogen) atoms. The van der Waals surface area contributed by atoms with Gasteiger partial charge in [-0.1, -0.05) is 0 Å². The summed E-state index contributed by atoms with van der Waals surface area (Å²) in [4.78, 5) is 39.9. The summed E-state index contributed by atoms with van der Waals surface area (Å²) < 4.78 is 10.6. The maximum Gasteiger partial charge on any atom is 0.306 e. The van der Waals surface area contributed by atoms with Gasteiger partial charge in [-0.3, -0.25) is 14.4 Å². The number of carbonyl (C=O) groups is 3. The average Bonchev–Trinajstić information content (AvgIpc) is 3.36. The molecule has 8 nitrogen and oxygen atoms in total. The van der Waals surface area contributed by atoms with E-state index in [9.17, 15) is 14.4 Å². The first-order valence-electron chi connectivity index (χ1n) is 9.23. The largest absolute Gasteiger partial charge is 0.481 e. The topological polar surface area (TPSA) is 96.4 Å². The molecule has 0 radical (unpaired) electrons. The molecule has 2 atom stereocenters. The van der Waals surface area contributed by atoms with Crippen LogP contribution in [0.3, 0.4) is 0 Å². The minimum absolute atomic E-state index is 0.0222. The van der Waals surface area contributed by atoms with Gasteiger partial charge in [-0.25, -0.2) is 0 Å². The molecular weight excluding hydrogens is 352 g/mol. The molecule has 4 rings (SSSR count). The number of piperazine rings is 1. The molecular formula is C19H22N2O6. The summed E-state index contributed by atoms with van der Waals surface area (Å²) in [6, 6.07) is 5.14. The van der Waals surface area contributed by atoms with Crippen molar-refractivity contribution in [2.24, 2.45) is 11.8 Å². The molecule has 2 amide bonds. The van der Waals surface area contributed by atoms with Gasteiger partial charge in [0.2, 0.25) is 12.7 Å². The van der Waals surface area contributed by atoms with Crippen LogP contribution in [0.4, 0.5) is 0 Å². The summed E-state index contributed by atoms with van der Waals surface area (Å²) in [5, 5.41) is 9.10. The molecule has 0 unspecified atom stereocenters. The Kier molecular flexibility index (Phi) is 4.63. The maximum atomic E-state index is 12.7. The van der Waals surface area contributed by atoms with Crippen LogP contribution in [-0.4, -0.2) is 65.7 Å². The van der Waals surface area contributed by atoms with Crippen LogP contribution in [0.1, 0.15) is 29.6 Å². The Labute approximate surface area is 156 Å². The monoisotopic (exact) mass is 374 g/mol. The molecule has 1 N–H and O–H groups in total. The Balaban J connectivity index is 1.33. The molecule has 2 heterocycles. The molecule has 0 aromatic heterocycles. The lowest BCUT2D eigenvalue weighted by Gasteiger charge is -2.36. The summed E-state index contributed by atoms with van der Waals surface area (Å²) in [6.07, 6.45) is 1.62. The third kappa shape index (κ3) is 3.43. The number of benzene rings is 1. The molecule has 3 aliphatic rings.